The summed E-state index contributed by atoms with van der Waals surface area (Å²) in [5.74, 6) is 1.66. The quantitative estimate of drug-likeness (QED) is 0.681. The van der Waals surface area contributed by atoms with Crippen molar-refractivity contribution in [3.63, 3.8) is 0 Å². The summed E-state index contributed by atoms with van der Waals surface area (Å²) in [4.78, 5) is 17.0. The van der Waals surface area contributed by atoms with Crippen LogP contribution in [0.4, 0.5) is 18.3 Å². The van der Waals surface area contributed by atoms with Crippen molar-refractivity contribution in [1.29, 1.82) is 0 Å². The van der Waals surface area contributed by atoms with Crippen molar-refractivity contribution < 1.29 is 18.0 Å². The number of thiazole rings is 1. The van der Waals surface area contributed by atoms with Crippen molar-refractivity contribution in [3.8, 4) is 10.4 Å². The second-order valence-corrected chi connectivity index (χ2v) is 9.71. The van der Waals surface area contributed by atoms with Crippen LogP contribution in [-0.4, -0.2) is 10.9 Å². The van der Waals surface area contributed by atoms with E-state index >= 15 is 0 Å². The predicted octanol–water partition coefficient (Wildman–Crippen LogP) is 5.98. The molecule has 28 heavy (non-hydrogen) atoms. The highest BCUT2D eigenvalue weighted by Crippen LogP contribution is 2.60. The van der Waals surface area contributed by atoms with Gasteiger partial charge in [0.25, 0.3) is 0 Å². The molecule has 1 amide bonds. The molecule has 0 spiro atoms. The maximum Gasteiger partial charge on any atom is 0.434 e. The summed E-state index contributed by atoms with van der Waals surface area (Å²) in [5.41, 5.74) is -0.877. The maximum atomic E-state index is 13.5. The number of halogens is 3. The van der Waals surface area contributed by atoms with Crippen molar-refractivity contribution in [2.24, 2.45) is 23.2 Å². The first-order chi connectivity index (χ1) is 13.3. The van der Waals surface area contributed by atoms with Crippen molar-refractivity contribution >= 4 is 22.4 Å². The molecule has 7 heteroatoms. The lowest BCUT2D eigenvalue weighted by atomic mass is 9.49. The largest absolute Gasteiger partial charge is 0.434 e. The van der Waals surface area contributed by atoms with E-state index in [0.29, 0.717) is 23.3 Å². The van der Waals surface area contributed by atoms with Gasteiger partial charge in [0, 0.05) is 0 Å². The lowest BCUT2D eigenvalue weighted by Crippen LogP contribution is -2.51. The van der Waals surface area contributed by atoms with Crippen LogP contribution in [0.25, 0.3) is 10.4 Å². The molecular weight excluding hydrogens is 385 g/mol. The number of aromatic nitrogens is 1. The third-order valence-corrected chi connectivity index (χ3v) is 7.69. The van der Waals surface area contributed by atoms with Crippen LogP contribution in [-0.2, 0) is 11.0 Å². The second kappa shape index (κ2) is 6.31. The number of carbonyl (C=O) groups excluding carboxylic acids is 1. The van der Waals surface area contributed by atoms with E-state index in [1.165, 1.54) is 19.3 Å². The minimum Gasteiger partial charge on any atom is -0.301 e. The van der Waals surface area contributed by atoms with Crippen LogP contribution in [0.15, 0.2) is 30.3 Å². The monoisotopic (exact) mass is 406 g/mol. The molecule has 2 aromatic rings. The summed E-state index contributed by atoms with van der Waals surface area (Å²) in [6.45, 7) is 0. The molecule has 3 nitrogen and oxygen atoms in total. The molecule has 1 N–H and O–H groups in total. The second-order valence-electron chi connectivity index (χ2n) is 8.71. The van der Waals surface area contributed by atoms with Gasteiger partial charge in [0.1, 0.15) is 0 Å². The zero-order chi connectivity index (χ0) is 19.5. The number of nitrogens with one attached hydrogen (secondary N) is 1. The van der Waals surface area contributed by atoms with Gasteiger partial charge < -0.3 is 5.32 Å². The Labute approximate surface area is 165 Å². The van der Waals surface area contributed by atoms with Crippen LogP contribution in [0.1, 0.15) is 44.2 Å². The molecular formula is C21H21F3N2OS. The topological polar surface area (TPSA) is 42.0 Å². The van der Waals surface area contributed by atoms with Crippen LogP contribution < -0.4 is 5.32 Å². The molecule has 4 aliphatic carbocycles. The van der Waals surface area contributed by atoms with Gasteiger partial charge in [-0.25, -0.2) is 4.98 Å². The first kappa shape index (κ1) is 18.2. The smallest absolute Gasteiger partial charge is 0.301 e. The number of benzene rings is 1. The molecule has 0 unspecified atom stereocenters. The van der Waals surface area contributed by atoms with Gasteiger partial charge in [0.05, 0.1) is 10.3 Å². The number of carbonyl (C=O) groups is 1. The Kier molecular flexibility index (Phi) is 4.09. The molecule has 4 aliphatic rings. The first-order valence-corrected chi connectivity index (χ1v) is 10.6. The Morgan fingerprint density at radius 2 is 1.61 bits per heavy atom. The highest BCUT2D eigenvalue weighted by atomic mass is 32.1. The number of amides is 1. The van der Waals surface area contributed by atoms with Crippen LogP contribution in [0, 0.1) is 23.2 Å². The van der Waals surface area contributed by atoms with E-state index in [2.05, 4.69) is 10.3 Å². The number of hydrogen-bond donors (Lipinski definition) is 1. The summed E-state index contributed by atoms with van der Waals surface area (Å²) in [6.07, 6.45) is 1.67. The van der Waals surface area contributed by atoms with E-state index in [0.717, 1.165) is 30.6 Å². The van der Waals surface area contributed by atoms with Gasteiger partial charge in [0.15, 0.2) is 10.8 Å². The number of rotatable bonds is 3. The normalized spacial score (nSPS) is 31.2. The van der Waals surface area contributed by atoms with Gasteiger partial charge in [-0.05, 0) is 61.8 Å². The zero-order valence-electron chi connectivity index (χ0n) is 15.3. The van der Waals surface area contributed by atoms with Gasteiger partial charge in [-0.15, -0.1) is 0 Å². The Morgan fingerprint density at radius 3 is 2.14 bits per heavy atom. The van der Waals surface area contributed by atoms with Crippen molar-refractivity contribution in [2.75, 3.05) is 5.32 Å². The Morgan fingerprint density at radius 1 is 1.04 bits per heavy atom. The summed E-state index contributed by atoms with van der Waals surface area (Å²) in [6, 6.07) is 8.42. The molecule has 1 heterocycles. The molecule has 148 valence electrons. The fraction of sp³-hybridized carbons (Fsp3) is 0.524. The van der Waals surface area contributed by atoms with Gasteiger partial charge in [-0.2, -0.15) is 13.2 Å². The maximum absolute atomic E-state index is 13.5. The van der Waals surface area contributed by atoms with E-state index in [4.69, 9.17) is 0 Å². The number of anilines is 1. The molecule has 1 aromatic heterocycles. The first-order valence-electron chi connectivity index (χ1n) is 9.77. The van der Waals surface area contributed by atoms with Gasteiger partial charge in [-0.3, -0.25) is 4.79 Å². The summed E-state index contributed by atoms with van der Waals surface area (Å²) in [5, 5.41) is 2.82. The SMILES string of the molecule is O=C(Nc1nc(C(F)(F)F)c(-c2ccccc2)s1)C12CC3CC(CC(C3)C1)C2. The number of nitrogens with zero attached hydrogens (tertiary/aromatic N) is 1. The molecule has 0 aliphatic heterocycles. The summed E-state index contributed by atoms with van der Waals surface area (Å²) < 4.78 is 40.6. The minimum atomic E-state index is -4.56. The fourth-order valence-corrected chi connectivity index (χ4v) is 6.96. The predicted molar refractivity (Wildman–Crippen MR) is 102 cm³/mol. The number of alkyl halides is 3. The van der Waals surface area contributed by atoms with Crippen molar-refractivity contribution in [1.82, 2.24) is 4.98 Å². The molecule has 4 bridgehead atoms. The average Bonchev–Trinajstić information content (AvgIpc) is 3.06. The Hall–Kier alpha value is -1.89. The highest BCUT2D eigenvalue weighted by molar-refractivity contribution is 7.19. The number of hydrogen-bond acceptors (Lipinski definition) is 3. The highest BCUT2D eigenvalue weighted by Gasteiger charge is 2.54. The fourth-order valence-electron chi connectivity index (χ4n) is 5.97. The summed E-state index contributed by atoms with van der Waals surface area (Å²) >= 11 is 0.909. The van der Waals surface area contributed by atoms with Crippen LogP contribution >= 0.6 is 11.3 Å². The summed E-state index contributed by atoms with van der Waals surface area (Å²) in [7, 11) is 0. The lowest BCUT2D eigenvalue weighted by Gasteiger charge is -2.55. The van der Waals surface area contributed by atoms with E-state index in [-0.39, 0.29) is 15.9 Å². The standard InChI is InChI=1S/C21H21F3N2OS/c22-21(23,24)17-16(15-4-2-1-3-5-15)28-19(25-17)26-18(27)20-9-12-6-13(10-20)8-14(7-12)11-20/h1-5,12-14H,6-11H2,(H,25,26,27). The molecule has 6 rings (SSSR count). The van der Waals surface area contributed by atoms with Crippen LogP contribution in [0.2, 0.25) is 0 Å². The minimum absolute atomic E-state index is 0.0481. The third kappa shape index (κ3) is 3.04. The van der Waals surface area contributed by atoms with E-state index in [9.17, 15) is 18.0 Å². The molecule has 0 atom stereocenters. The van der Waals surface area contributed by atoms with Crippen molar-refractivity contribution in [2.45, 2.75) is 44.7 Å². The van der Waals surface area contributed by atoms with Gasteiger partial charge >= 0.3 is 6.18 Å². The van der Waals surface area contributed by atoms with E-state index in [1.807, 2.05) is 0 Å². The molecule has 0 saturated heterocycles. The van der Waals surface area contributed by atoms with Crippen LogP contribution in [0.5, 0.6) is 0 Å². The van der Waals surface area contributed by atoms with Gasteiger partial charge in [-0.1, -0.05) is 41.7 Å². The lowest BCUT2D eigenvalue weighted by molar-refractivity contribution is -0.141. The van der Waals surface area contributed by atoms with E-state index < -0.39 is 17.3 Å². The molecule has 0 radical (unpaired) electrons. The van der Waals surface area contributed by atoms with Crippen molar-refractivity contribution in [3.05, 3.63) is 36.0 Å². The van der Waals surface area contributed by atoms with Crippen LogP contribution in [0.3, 0.4) is 0 Å². The Bertz CT molecular complexity index is 871. The average molecular weight is 406 g/mol. The Balaban J connectivity index is 1.44. The molecule has 1 aromatic carbocycles. The zero-order valence-corrected chi connectivity index (χ0v) is 16.1. The third-order valence-electron chi connectivity index (χ3n) is 6.67. The van der Waals surface area contributed by atoms with Gasteiger partial charge in [0.2, 0.25) is 5.91 Å². The molecule has 4 saturated carbocycles. The molecule has 4 fully saturated rings. The van der Waals surface area contributed by atoms with E-state index in [1.54, 1.807) is 30.3 Å².